The molecule has 0 spiro atoms. The Morgan fingerprint density at radius 3 is 2.80 bits per heavy atom. The molecule has 0 radical (unpaired) electrons. The van der Waals surface area contributed by atoms with Crippen LogP contribution >= 0.6 is 0 Å². The maximum Gasteiger partial charge on any atom is 0.347 e. The molecule has 1 unspecified atom stereocenters. The fraction of sp³-hybridized carbons (Fsp3) is 0.333. The number of nitrogens with zero attached hydrogens (tertiary/aromatic N) is 1. The predicted octanol–water partition coefficient (Wildman–Crippen LogP) is 3.97. The first-order valence-corrected chi connectivity index (χ1v) is 9.90. The molecule has 0 amide bonds. The number of carbonyl (C=O) groups is 1. The first-order chi connectivity index (χ1) is 14.3. The third-order valence-corrected chi connectivity index (χ3v) is 4.66. The summed E-state index contributed by atoms with van der Waals surface area (Å²) in [5, 5.41) is 9.20. The lowest BCUT2D eigenvalue weighted by atomic mass is 10.0. The molecule has 0 saturated heterocycles. The lowest BCUT2D eigenvalue weighted by molar-refractivity contribution is -0.152. The van der Waals surface area contributed by atoms with Crippen molar-refractivity contribution in [2.75, 3.05) is 0 Å². The van der Waals surface area contributed by atoms with Gasteiger partial charge in [0.15, 0.2) is 11.2 Å². The average Bonchev–Trinajstić information content (AvgIpc) is 3.12. The Labute approximate surface area is 176 Å². The number of hydrogen-bond acceptors (Lipinski definition) is 5. The van der Waals surface area contributed by atoms with Crippen LogP contribution in [0.4, 0.5) is 0 Å². The molecular formula is C24H26N2O4. The summed E-state index contributed by atoms with van der Waals surface area (Å²) >= 11 is 0. The molecule has 3 N–H and O–H groups in total. The highest BCUT2D eigenvalue weighted by Gasteiger charge is 2.29. The van der Waals surface area contributed by atoms with Crippen LogP contribution in [0.15, 0.2) is 52.9 Å². The molecule has 6 heteroatoms. The van der Waals surface area contributed by atoms with Crippen molar-refractivity contribution < 1.29 is 19.1 Å². The number of ether oxygens (including phenoxy) is 1. The van der Waals surface area contributed by atoms with Crippen molar-refractivity contribution in [1.82, 2.24) is 4.98 Å². The van der Waals surface area contributed by atoms with E-state index < -0.39 is 11.6 Å². The minimum absolute atomic E-state index is 0.0545. The summed E-state index contributed by atoms with van der Waals surface area (Å²) < 4.78 is 11.2. The number of aryl methyl sites for hydroxylation is 1. The zero-order valence-corrected chi connectivity index (χ0v) is 17.2. The predicted molar refractivity (Wildman–Crippen MR) is 115 cm³/mol. The van der Waals surface area contributed by atoms with Crippen LogP contribution in [0.3, 0.4) is 0 Å². The van der Waals surface area contributed by atoms with Crippen molar-refractivity contribution in [3.05, 3.63) is 60.0 Å². The van der Waals surface area contributed by atoms with Gasteiger partial charge in [0.25, 0.3) is 0 Å². The number of benzene rings is 2. The van der Waals surface area contributed by atoms with Crippen LogP contribution < -0.4 is 10.5 Å². The van der Waals surface area contributed by atoms with Crippen LogP contribution in [0.5, 0.6) is 5.75 Å². The highest BCUT2D eigenvalue weighted by molar-refractivity contribution is 5.76. The Bertz CT molecular complexity index is 1040. The van der Waals surface area contributed by atoms with Crippen LogP contribution in [-0.2, 0) is 17.6 Å². The summed E-state index contributed by atoms with van der Waals surface area (Å²) in [5.74, 6) is 6.32. The van der Waals surface area contributed by atoms with Crippen molar-refractivity contribution in [3.63, 3.8) is 0 Å². The summed E-state index contributed by atoms with van der Waals surface area (Å²) in [5.41, 5.74) is 7.56. The molecule has 0 aliphatic carbocycles. The van der Waals surface area contributed by atoms with Gasteiger partial charge in [0, 0.05) is 12.5 Å². The molecule has 0 saturated carbocycles. The summed E-state index contributed by atoms with van der Waals surface area (Å²) in [4.78, 5) is 15.6. The molecule has 1 aromatic heterocycles. The van der Waals surface area contributed by atoms with Crippen molar-refractivity contribution in [3.8, 4) is 17.6 Å². The Hall–Kier alpha value is -3.30. The molecule has 3 aromatic rings. The van der Waals surface area contributed by atoms with Crippen LogP contribution in [-0.4, -0.2) is 27.7 Å². The molecule has 30 heavy (non-hydrogen) atoms. The zero-order valence-electron chi connectivity index (χ0n) is 17.2. The number of fused-ring (bicyclic) bond motifs is 1. The largest absolute Gasteiger partial charge is 0.478 e. The zero-order chi connectivity index (χ0) is 21.6. The molecule has 0 fully saturated rings. The van der Waals surface area contributed by atoms with E-state index in [9.17, 15) is 9.90 Å². The third kappa shape index (κ3) is 5.85. The lowest BCUT2D eigenvalue weighted by Crippen LogP contribution is -2.37. The second-order valence-electron chi connectivity index (χ2n) is 7.67. The number of carboxylic acids is 1. The van der Waals surface area contributed by atoms with E-state index in [0.717, 1.165) is 29.5 Å². The van der Waals surface area contributed by atoms with E-state index in [1.807, 2.05) is 42.5 Å². The minimum Gasteiger partial charge on any atom is -0.478 e. The highest BCUT2D eigenvalue weighted by Crippen LogP contribution is 2.21. The fourth-order valence-corrected chi connectivity index (χ4v) is 2.89. The number of carboxylic acid groups (broad SMARTS) is 1. The van der Waals surface area contributed by atoms with Crippen LogP contribution in [0.25, 0.3) is 11.1 Å². The monoisotopic (exact) mass is 406 g/mol. The normalized spacial score (nSPS) is 12.2. The second kappa shape index (κ2) is 9.47. The van der Waals surface area contributed by atoms with Crippen molar-refractivity contribution >= 4 is 17.1 Å². The quantitative estimate of drug-likeness (QED) is 0.549. The van der Waals surface area contributed by atoms with E-state index in [1.165, 1.54) is 13.8 Å². The Morgan fingerprint density at radius 2 is 2.03 bits per heavy atom. The van der Waals surface area contributed by atoms with Crippen LogP contribution in [0, 0.1) is 11.8 Å². The maximum absolute atomic E-state index is 11.2. The summed E-state index contributed by atoms with van der Waals surface area (Å²) in [6.07, 6.45) is 2.57. The number of rotatable bonds is 8. The van der Waals surface area contributed by atoms with Gasteiger partial charge in [-0.15, -0.1) is 5.92 Å². The number of nitrogens with two attached hydrogens (primary N) is 1. The second-order valence-corrected chi connectivity index (χ2v) is 7.67. The number of hydrogen-bond donors (Lipinski definition) is 2. The van der Waals surface area contributed by atoms with Gasteiger partial charge in [-0.1, -0.05) is 30.2 Å². The third-order valence-electron chi connectivity index (χ3n) is 4.66. The maximum atomic E-state index is 11.2. The number of para-hydroxylation sites is 2. The van der Waals surface area contributed by atoms with Crippen molar-refractivity contribution in [1.29, 1.82) is 0 Å². The number of aromatic nitrogens is 1. The van der Waals surface area contributed by atoms with Gasteiger partial charge in [0.1, 0.15) is 11.3 Å². The van der Waals surface area contributed by atoms with E-state index in [0.29, 0.717) is 24.5 Å². The minimum atomic E-state index is -1.28. The molecule has 0 bridgehead atoms. The standard InChI is InChI=1S/C24H26N2O4/c1-24(2,23(27)28)30-19-10-7-8-17(16-19)14-15-18(25)9-3-6-13-22-26-20-11-4-5-12-21(20)29-22/h4-5,7-8,10-12,16,18H,9,13-15,25H2,1-2H3,(H,27,28). The van der Waals surface area contributed by atoms with Gasteiger partial charge in [-0.2, -0.15) is 0 Å². The number of aliphatic carboxylic acids is 1. The summed E-state index contributed by atoms with van der Waals surface area (Å²) in [6, 6.07) is 15.0. The SMILES string of the molecule is CC(C)(Oc1cccc(CCC(N)CC#CCc2nc3ccccc3o2)c1)C(=O)O. The van der Waals surface area contributed by atoms with Gasteiger partial charge in [-0.05, 0) is 56.5 Å². The molecule has 0 aliphatic heterocycles. The molecule has 6 nitrogen and oxygen atoms in total. The van der Waals surface area contributed by atoms with Crippen molar-refractivity contribution in [2.45, 2.75) is 51.2 Å². The summed E-state index contributed by atoms with van der Waals surface area (Å²) in [7, 11) is 0. The van der Waals surface area contributed by atoms with Gasteiger partial charge < -0.3 is 20.0 Å². The Morgan fingerprint density at radius 1 is 1.23 bits per heavy atom. The van der Waals surface area contributed by atoms with Crippen LogP contribution in [0.1, 0.15) is 38.1 Å². The topological polar surface area (TPSA) is 98.6 Å². The van der Waals surface area contributed by atoms with Gasteiger partial charge in [-0.3, -0.25) is 0 Å². The lowest BCUT2D eigenvalue weighted by Gasteiger charge is -2.21. The first-order valence-electron chi connectivity index (χ1n) is 9.90. The highest BCUT2D eigenvalue weighted by atomic mass is 16.5. The Kier molecular flexibility index (Phi) is 6.76. The van der Waals surface area contributed by atoms with E-state index in [-0.39, 0.29) is 6.04 Å². The molecule has 1 atom stereocenters. The van der Waals surface area contributed by atoms with E-state index in [2.05, 4.69) is 16.8 Å². The van der Waals surface area contributed by atoms with E-state index in [1.54, 1.807) is 6.07 Å². The molecule has 1 heterocycles. The molecule has 3 rings (SSSR count). The average molecular weight is 406 g/mol. The number of oxazole rings is 1. The molecule has 156 valence electrons. The van der Waals surface area contributed by atoms with Gasteiger partial charge in [-0.25, -0.2) is 9.78 Å². The van der Waals surface area contributed by atoms with E-state index in [4.69, 9.17) is 14.9 Å². The van der Waals surface area contributed by atoms with Gasteiger partial charge in [0.2, 0.25) is 5.89 Å². The van der Waals surface area contributed by atoms with E-state index >= 15 is 0 Å². The van der Waals surface area contributed by atoms with Gasteiger partial charge in [0.05, 0.1) is 6.42 Å². The van der Waals surface area contributed by atoms with Crippen molar-refractivity contribution in [2.24, 2.45) is 5.73 Å². The summed E-state index contributed by atoms with van der Waals surface area (Å²) in [6.45, 7) is 3.05. The van der Waals surface area contributed by atoms with Crippen LogP contribution in [0.2, 0.25) is 0 Å². The Balaban J connectivity index is 1.47. The first kappa shape index (κ1) is 21.4. The van der Waals surface area contributed by atoms with Gasteiger partial charge >= 0.3 is 5.97 Å². The molecule has 2 aromatic carbocycles. The molecule has 0 aliphatic rings. The molecular weight excluding hydrogens is 380 g/mol. The smallest absolute Gasteiger partial charge is 0.347 e. The fourth-order valence-electron chi connectivity index (χ4n) is 2.89.